The highest BCUT2D eigenvalue weighted by Crippen LogP contribution is 2.15. The van der Waals surface area contributed by atoms with Crippen LogP contribution in [0.4, 0.5) is 0 Å². The third-order valence-electron chi connectivity index (χ3n) is 4.64. The van der Waals surface area contributed by atoms with Gasteiger partial charge in [0.25, 0.3) is 0 Å². The Balaban J connectivity index is 2.00. The second-order valence-electron chi connectivity index (χ2n) is 7.04. The summed E-state index contributed by atoms with van der Waals surface area (Å²) in [4.78, 5) is 14.7. The Morgan fingerprint density at radius 3 is 2.48 bits per heavy atom. The molecule has 0 aliphatic heterocycles. The van der Waals surface area contributed by atoms with E-state index in [1.165, 1.54) is 24.1 Å². The molecule has 3 heteroatoms. The summed E-state index contributed by atoms with van der Waals surface area (Å²) < 4.78 is 2.25. The van der Waals surface area contributed by atoms with Crippen molar-refractivity contribution in [2.75, 3.05) is 0 Å². The minimum absolute atomic E-state index is 0.221. The molecule has 0 spiro atoms. The summed E-state index contributed by atoms with van der Waals surface area (Å²) in [6, 6.07) is 14.9. The molecule has 0 unspecified atom stereocenters. The fraction of sp³-hybridized carbons (Fsp3) is 0.500. The lowest BCUT2D eigenvalue weighted by Crippen LogP contribution is -2.36. The fourth-order valence-corrected chi connectivity index (χ4v) is 3.11. The lowest BCUT2D eigenvalue weighted by Gasteiger charge is -2.27. The molecule has 2 rings (SSSR count). The molecule has 0 fully saturated rings. The van der Waals surface area contributed by atoms with Gasteiger partial charge in [-0.3, -0.25) is 4.79 Å². The van der Waals surface area contributed by atoms with E-state index < -0.39 is 0 Å². The van der Waals surface area contributed by atoms with Crippen molar-refractivity contribution >= 4 is 5.91 Å². The molecule has 0 saturated carbocycles. The molecule has 3 nitrogen and oxygen atoms in total. The Bertz CT molecular complexity index is 630. The van der Waals surface area contributed by atoms with Gasteiger partial charge in [0, 0.05) is 30.9 Å². The van der Waals surface area contributed by atoms with Crippen molar-refractivity contribution < 1.29 is 4.79 Å². The molecule has 1 amide bonds. The van der Waals surface area contributed by atoms with Crippen LogP contribution in [-0.2, 0) is 17.9 Å². The number of nitrogens with zero attached hydrogens (tertiary/aromatic N) is 2. The van der Waals surface area contributed by atoms with Crippen molar-refractivity contribution in [3.05, 3.63) is 59.9 Å². The highest BCUT2D eigenvalue weighted by Gasteiger charge is 2.18. The summed E-state index contributed by atoms with van der Waals surface area (Å²) >= 11 is 0. The van der Waals surface area contributed by atoms with E-state index in [1.54, 1.807) is 0 Å². The van der Waals surface area contributed by atoms with Gasteiger partial charge in [-0.2, -0.15) is 0 Å². The van der Waals surface area contributed by atoms with Crippen LogP contribution in [0.25, 0.3) is 0 Å². The minimum Gasteiger partial charge on any atom is -0.345 e. The van der Waals surface area contributed by atoms with Gasteiger partial charge < -0.3 is 9.47 Å². The molecule has 136 valence electrons. The quantitative estimate of drug-likeness (QED) is 0.543. The molecule has 0 radical (unpaired) electrons. The van der Waals surface area contributed by atoms with Crippen LogP contribution >= 0.6 is 0 Å². The molecule has 25 heavy (non-hydrogen) atoms. The largest absolute Gasteiger partial charge is 0.345 e. The van der Waals surface area contributed by atoms with E-state index in [-0.39, 0.29) is 11.9 Å². The van der Waals surface area contributed by atoms with Gasteiger partial charge in [0.1, 0.15) is 0 Å². The van der Waals surface area contributed by atoms with Crippen LogP contribution in [0.1, 0.15) is 64.1 Å². The lowest BCUT2D eigenvalue weighted by molar-refractivity contribution is -0.133. The van der Waals surface area contributed by atoms with Crippen LogP contribution in [0.3, 0.4) is 0 Å². The topological polar surface area (TPSA) is 25.2 Å². The van der Waals surface area contributed by atoms with Gasteiger partial charge in [0.15, 0.2) is 0 Å². The van der Waals surface area contributed by atoms with E-state index in [1.807, 2.05) is 11.0 Å². The zero-order valence-electron chi connectivity index (χ0n) is 15.9. The van der Waals surface area contributed by atoms with Crippen molar-refractivity contribution in [2.24, 2.45) is 0 Å². The SMILES string of the molecule is CCCCCCC(=O)N(Cc1cccn1Cc1ccccc1)C(C)C. The highest BCUT2D eigenvalue weighted by molar-refractivity contribution is 5.76. The molecule has 1 aromatic carbocycles. The average Bonchev–Trinajstić information content (AvgIpc) is 3.04. The molecule has 1 heterocycles. The zero-order chi connectivity index (χ0) is 18.1. The van der Waals surface area contributed by atoms with E-state index >= 15 is 0 Å². The van der Waals surface area contributed by atoms with Crippen molar-refractivity contribution in [3.63, 3.8) is 0 Å². The molecule has 2 aromatic rings. The second-order valence-corrected chi connectivity index (χ2v) is 7.04. The third-order valence-corrected chi connectivity index (χ3v) is 4.64. The third kappa shape index (κ3) is 6.08. The molecule has 0 atom stereocenters. The minimum atomic E-state index is 0.221. The smallest absolute Gasteiger partial charge is 0.223 e. The summed E-state index contributed by atoms with van der Waals surface area (Å²) in [7, 11) is 0. The van der Waals surface area contributed by atoms with Gasteiger partial charge in [-0.1, -0.05) is 56.5 Å². The van der Waals surface area contributed by atoms with Crippen LogP contribution in [-0.4, -0.2) is 21.4 Å². The van der Waals surface area contributed by atoms with E-state index in [2.05, 4.69) is 67.9 Å². The Labute approximate surface area is 152 Å². The van der Waals surface area contributed by atoms with Gasteiger partial charge in [-0.15, -0.1) is 0 Å². The number of hydrogen-bond donors (Lipinski definition) is 0. The number of unbranched alkanes of at least 4 members (excludes halogenated alkanes) is 3. The van der Waals surface area contributed by atoms with Gasteiger partial charge in [0.2, 0.25) is 5.91 Å². The number of benzene rings is 1. The summed E-state index contributed by atoms with van der Waals surface area (Å²) in [6.45, 7) is 7.94. The van der Waals surface area contributed by atoms with Crippen LogP contribution in [0.5, 0.6) is 0 Å². The monoisotopic (exact) mass is 340 g/mol. The Hall–Kier alpha value is -2.03. The number of carbonyl (C=O) groups is 1. The van der Waals surface area contributed by atoms with Gasteiger partial charge in [-0.05, 0) is 38.0 Å². The maximum Gasteiger partial charge on any atom is 0.223 e. The molecular weight excluding hydrogens is 308 g/mol. The Morgan fingerprint density at radius 1 is 1.04 bits per heavy atom. The number of hydrogen-bond acceptors (Lipinski definition) is 1. The van der Waals surface area contributed by atoms with Crippen molar-refractivity contribution in [2.45, 2.75) is 72.0 Å². The highest BCUT2D eigenvalue weighted by atomic mass is 16.2. The number of rotatable bonds is 10. The Kier molecular flexibility index (Phi) is 7.77. The van der Waals surface area contributed by atoms with E-state index in [0.717, 1.165) is 19.4 Å². The first-order valence-electron chi connectivity index (χ1n) is 9.59. The van der Waals surface area contributed by atoms with Crippen molar-refractivity contribution in [1.82, 2.24) is 9.47 Å². The first kappa shape index (κ1) is 19.3. The lowest BCUT2D eigenvalue weighted by atomic mass is 10.1. The van der Waals surface area contributed by atoms with Gasteiger partial charge in [-0.25, -0.2) is 0 Å². The van der Waals surface area contributed by atoms with Crippen molar-refractivity contribution in [1.29, 1.82) is 0 Å². The maximum absolute atomic E-state index is 12.7. The second kappa shape index (κ2) is 10.1. The molecule has 1 aromatic heterocycles. The van der Waals surface area contributed by atoms with E-state index in [0.29, 0.717) is 13.0 Å². The maximum atomic E-state index is 12.7. The van der Waals surface area contributed by atoms with Crippen LogP contribution in [0, 0.1) is 0 Å². The van der Waals surface area contributed by atoms with Crippen LogP contribution in [0.15, 0.2) is 48.7 Å². The van der Waals surface area contributed by atoms with Gasteiger partial charge >= 0.3 is 0 Å². The first-order valence-corrected chi connectivity index (χ1v) is 9.59. The number of amides is 1. The molecule has 0 bridgehead atoms. The summed E-state index contributed by atoms with van der Waals surface area (Å²) in [5.74, 6) is 0.276. The first-order chi connectivity index (χ1) is 12.1. The fourth-order valence-electron chi connectivity index (χ4n) is 3.11. The number of carbonyl (C=O) groups excluding carboxylic acids is 1. The normalized spacial score (nSPS) is 11.0. The Morgan fingerprint density at radius 2 is 1.80 bits per heavy atom. The standard InChI is InChI=1S/C22H32N2O/c1-4-5-6-10-15-22(25)24(19(2)3)18-21-14-11-16-23(21)17-20-12-8-7-9-13-20/h7-9,11-14,16,19H,4-6,10,15,17-18H2,1-3H3. The summed E-state index contributed by atoms with van der Waals surface area (Å²) in [6.07, 6.45) is 7.34. The van der Waals surface area contributed by atoms with Crippen LogP contribution < -0.4 is 0 Å². The number of aromatic nitrogens is 1. The van der Waals surface area contributed by atoms with E-state index in [4.69, 9.17) is 0 Å². The molecular formula is C22H32N2O. The molecule has 0 aliphatic carbocycles. The zero-order valence-corrected chi connectivity index (χ0v) is 15.9. The molecule has 0 saturated heterocycles. The van der Waals surface area contributed by atoms with E-state index in [9.17, 15) is 4.79 Å². The average molecular weight is 341 g/mol. The van der Waals surface area contributed by atoms with Gasteiger partial charge in [0.05, 0.1) is 6.54 Å². The molecule has 0 aliphatic rings. The summed E-state index contributed by atoms with van der Waals surface area (Å²) in [5.41, 5.74) is 2.47. The summed E-state index contributed by atoms with van der Waals surface area (Å²) in [5, 5.41) is 0. The van der Waals surface area contributed by atoms with Crippen LogP contribution in [0.2, 0.25) is 0 Å². The molecule has 0 N–H and O–H groups in total. The predicted molar refractivity (Wildman–Crippen MR) is 104 cm³/mol. The van der Waals surface area contributed by atoms with Crippen molar-refractivity contribution in [3.8, 4) is 0 Å². The predicted octanol–water partition coefficient (Wildman–Crippen LogP) is 5.24.